The maximum atomic E-state index is 12.0. The molecule has 2 aromatic rings. The van der Waals surface area contributed by atoms with Crippen LogP contribution in [0.25, 0.3) is 0 Å². The highest BCUT2D eigenvalue weighted by Crippen LogP contribution is 2.22. The van der Waals surface area contributed by atoms with Gasteiger partial charge in [0.25, 0.3) is 5.91 Å². The predicted molar refractivity (Wildman–Crippen MR) is 75.8 cm³/mol. The lowest BCUT2D eigenvalue weighted by Gasteiger charge is -2.12. The van der Waals surface area contributed by atoms with Crippen LogP contribution in [-0.4, -0.2) is 5.91 Å². The van der Waals surface area contributed by atoms with Gasteiger partial charge in [0, 0.05) is 21.0 Å². The largest absolute Gasteiger partial charge is 0.399 e. The third-order valence-electron chi connectivity index (χ3n) is 2.71. The molecule has 1 heterocycles. The highest BCUT2D eigenvalue weighted by atomic mass is 32.1. The third kappa shape index (κ3) is 2.90. The van der Waals surface area contributed by atoms with Gasteiger partial charge >= 0.3 is 0 Å². The summed E-state index contributed by atoms with van der Waals surface area (Å²) in [5.41, 5.74) is 6.88. The van der Waals surface area contributed by atoms with Crippen LogP contribution in [0.3, 0.4) is 0 Å². The monoisotopic (exact) mass is 260 g/mol. The first-order valence-corrected chi connectivity index (χ1v) is 6.60. The Morgan fingerprint density at radius 2 is 1.89 bits per heavy atom. The maximum absolute atomic E-state index is 12.0. The van der Waals surface area contributed by atoms with Crippen molar-refractivity contribution in [2.24, 2.45) is 0 Å². The maximum Gasteiger partial charge on any atom is 0.251 e. The van der Waals surface area contributed by atoms with Crippen LogP contribution in [0, 0.1) is 6.92 Å². The Balaban J connectivity index is 2.05. The zero-order chi connectivity index (χ0) is 13.1. The smallest absolute Gasteiger partial charge is 0.251 e. The number of carbonyl (C=O) groups is 1. The molecule has 1 amide bonds. The molecule has 0 bridgehead atoms. The standard InChI is InChI=1S/C14H16N2OS/c1-9-3-8-13(18-9)10(2)16-14(17)11-4-6-12(15)7-5-11/h3-8,10H,15H2,1-2H3,(H,16,17). The molecule has 1 unspecified atom stereocenters. The Morgan fingerprint density at radius 3 is 2.44 bits per heavy atom. The van der Waals surface area contributed by atoms with Gasteiger partial charge in [-0.2, -0.15) is 0 Å². The lowest BCUT2D eigenvalue weighted by Crippen LogP contribution is -2.26. The first kappa shape index (κ1) is 12.6. The highest BCUT2D eigenvalue weighted by Gasteiger charge is 2.12. The number of hydrogen-bond donors (Lipinski definition) is 2. The Labute approximate surface area is 111 Å². The van der Waals surface area contributed by atoms with E-state index in [0.29, 0.717) is 11.3 Å². The molecule has 0 radical (unpaired) electrons. The van der Waals surface area contributed by atoms with E-state index in [2.05, 4.69) is 18.3 Å². The number of aryl methyl sites for hydroxylation is 1. The van der Waals surface area contributed by atoms with Gasteiger partial charge in [-0.1, -0.05) is 0 Å². The molecule has 0 aliphatic heterocycles. The van der Waals surface area contributed by atoms with Crippen LogP contribution in [-0.2, 0) is 0 Å². The Hall–Kier alpha value is -1.81. The summed E-state index contributed by atoms with van der Waals surface area (Å²) >= 11 is 1.70. The molecule has 0 fully saturated rings. The van der Waals surface area contributed by atoms with E-state index < -0.39 is 0 Å². The number of anilines is 1. The van der Waals surface area contributed by atoms with Crippen molar-refractivity contribution >= 4 is 22.9 Å². The van der Waals surface area contributed by atoms with Gasteiger partial charge in [-0.25, -0.2) is 0 Å². The first-order chi connectivity index (χ1) is 8.56. The second-order valence-corrected chi connectivity index (χ2v) is 5.59. The van der Waals surface area contributed by atoms with Gasteiger partial charge in [0.15, 0.2) is 0 Å². The van der Waals surface area contributed by atoms with Crippen LogP contribution in [0.4, 0.5) is 5.69 Å². The van der Waals surface area contributed by atoms with Gasteiger partial charge in [0.05, 0.1) is 6.04 Å². The summed E-state index contributed by atoms with van der Waals surface area (Å²) in [6, 6.07) is 11.1. The minimum Gasteiger partial charge on any atom is -0.399 e. The van der Waals surface area contributed by atoms with Crippen LogP contribution >= 0.6 is 11.3 Å². The average molecular weight is 260 g/mol. The normalized spacial score (nSPS) is 12.1. The summed E-state index contributed by atoms with van der Waals surface area (Å²) in [5.74, 6) is -0.0754. The second kappa shape index (κ2) is 5.23. The van der Waals surface area contributed by atoms with Crippen LogP contribution in [0.15, 0.2) is 36.4 Å². The van der Waals surface area contributed by atoms with E-state index in [0.717, 1.165) is 4.88 Å². The van der Waals surface area contributed by atoms with Crippen molar-refractivity contribution < 1.29 is 4.79 Å². The first-order valence-electron chi connectivity index (χ1n) is 5.79. The topological polar surface area (TPSA) is 55.1 Å². The van der Waals surface area contributed by atoms with Gasteiger partial charge < -0.3 is 11.1 Å². The van der Waals surface area contributed by atoms with Crippen LogP contribution < -0.4 is 11.1 Å². The van der Waals surface area contributed by atoms with Crippen molar-refractivity contribution in [3.8, 4) is 0 Å². The number of nitrogens with two attached hydrogens (primary N) is 1. The molecule has 3 N–H and O–H groups in total. The summed E-state index contributed by atoms with van der Waals surface area (Å²) in [5, 5.41) is 2.98. The molecule has 1 atom stereocenters. The SMILES string of the molecule is Cc1ccc(C(C)NC(=O)c2ccc(N)cc2)s1. The number of benzene rings is 1. The van der Waals surface area contributed by atoms with Crippen molar-refractivity contribution in [1.29, 1.82) is 0 Å². The molecule has 1 aromatic carbocycles. The molecule has 0 saturated heterocycles. The van der Waals surface area contributed by atoms with Crippen molar-refractivity contribution in [3.63, 3.8) is 0 Å². The fourth-order valence-electron chi connectivity index (χ4n) is 1.67. The van der Waals surface area contributed by atoms with Crippen LogP contribution in [0.1, 0.15) is 33.1 Å². The van der Waals surface area contributed by atoms with E-state index in [1.165, 1.54) is 4.88 Å². The molecule has 1 aromatic heterocycles. The quantitative estimate of drug-likeness (QED) is 0.833. The lowest BCUT2D eigenvalue weighted by molar-refractivity contribution is 0.0940. The van der Waals surface area contributed by atoms with Crippen LogP contribution in [0.2, 0.25) is 0 Å². The molecule has 0 spiro atoms. The molecule has 18 heavy (non-hydrogen) atoms. The van der Waals surface area contributed by atoms with Crippen molar-refractivity contribution in [1.82, 2.24) is 5.32 Å². The van der Waals surface area contributed by atoms with E-state index >= 15 is 0 Å². The molecule has 2 rings (SSSR count). The Kier molecular flexibility index (Phi) is 3.67. The zero-order valence-corrected chi connectivity index (χ0v) is 11.3. The van der Waals surface area contributed by atoms with Gasteiger partial charge in [0.2, 0.25) is 0 Å². The average Bonchev–Trinajstić information content (AvgIpc) is 2.76. The lowest BCUT2D eigenvalue weighted by atomic mass is 10.2. The summed E-state index contributed by atoms with van der Waals surface area (Å²) in [6.45, 7) is 4.04. The van der Waals surface area contributed by atoms with Gasteiger partial charge in [0.1, 0.15) is 0 Å². The van der Waals surface area contributed by atoms with Crippen molar-refractivity contribution in [2.75, 3.05) is 5.73 Å². The molecular weight excluding hydrogens is 244 g/mol. The Bertz CT molecular complexity index is 545. The number of nitrogen functional groups attached to an aromatic ring is 1. The summed E-state index contributed by atoms with van der Waals surface area (Å²) < 4.78 is 0. The number of rotatable bonds is 3. The fraction of sp³-hybridized carbons (Fsp3) is 0.214. The molecule has 0 saturated carbocycles. The number of amides is 1. The third-order valence-corrected chi connectivity index (χ3v) is 3.89. The fourth-order valence-corrected chi connectivity index (χ4v) is 2.55. The summed E-state index contributed by atoms with van der Waals surface area (Å²) in [4.78, 5) is 14.4. The minimum atomic E-state index is -0.0754. The van der Waals surface area contributed by atoms with E-state index in [9.17, 15) is 4.79 Å². The molecule has 3 nitrogen and oxygen atoms in total. The zero-order valence-electron chi connectivity index (χ0n) is 10.4. The molecular formula is C14H16N2OS. The number of hydrogen-bond acceptors (Lipinski definition) is 3. The van der Waals surface area contributed by atoms with E-state index in [1.807, 2.05) is 13.0 Å². The number of carbonyl (C=O) groups excluding carboxylic acids is 1. The second-order valence-electron chi connectivity index (χ2n) is 4.27. The molecule has 94 valence electrons. The number of thiophene rings is 1. The Morgan fingerprint density at radius 1 is 1.22 bits per heavy atom. The molecule has 4 heteroatoms. The predicted octanol–water partition coefficient (Wildman–Crippen LogP) is 3.13. The van der Waals surface area contributed by atoms with Gasteiger partial charge in [-0.05, 0) is 50.2 Å². The summed E-state index contributed by atoms with van der Waals surface area (Å²) in [7, 11) is 0. The van der Waals surface area contributed by atoms with E-state index in [1.54, 1.807) is 35.6 Å². The van der Waals surface area contributed by atoms with Crippen LogP contribution in [0.5, 0.6) is 0 Å². The number of nitrogens with one attached hydrogen (secondary N) is 1. The van der Waals surface area contributed by atoms with Gasteiger partial charge in [-0.3, -0.25) is 4.79 Å². The minimum absolute atomic E-state index is 0.0220. The van der Waals surface area contributed by atoms with E-state index in [-0.39, 0.29) is 11.9 Å². The van der Waals surface area contributed by atoms with Crippen molar-refractivity contribution in [3.05, 3.63) is 51.7 Å². The highest BCUT2D eigenvalue weighted by molar-refractivity contribution is 7.12. The summed E-state index contributed by atoms with van der Waals surface area (Å²) in [6.07, 6.45) is 0. The molecule has 0 aliphatic rings. The van der Waals surface area contributed by atoms with Gasteiger partial charge in [-0.15, -0.1) is 11.3 Å². The molecule has 0 aliphatic carbocycles. The van der Waals surface area contributed by atoms with Crippen molar-refractivity contribution in [2.45, 2.75) is 19.9 Å². The van der Waals surface area contributed by atoms with E-state index in [4.69, 9.17) is 5.73 Å².